The van der Waals surface area contributed by atoms with Gasteiger partial charge in [-0.3, -0.25) is 4.79 Å². The number of primary amides is 1. The Bertz CT molecular complexity index is 1220. The minimum Gasteiger partial charge on any atom is -0.438 e. The molecule has 0 aliphatic heterocycles. The molecule has 1 amide bonds. The van der Waals surface area contributed by atoms with Crippen molar-refractivity contribution in [2.45, 2.75) is 6.92 Å². The molecule has 0 fully saturated rings. The molecule has 0 aliphatic rings. The summed E-state index contributed by atoms with van der Waals surface area (Å²) in [4.78, 5) is 21.8. The predicted molar refractivity (Wildman–Crippen MR) is 113 cm³/mol. The molecule has 0 saturated heterocycles. The van der Waals surface area contributed by atoms with E-state index in [1.807, 2.05) is 18.2 Å². The summed E-state index contributed by atoms with van der Waals surface area (Å²) in [6, 6.07) is 14.0. The highest BCUT2D eigenvalue weighted by atomic mass is 35.5. The standard InChI is InChI=1S/C20H13Cl2N3O2S/c1-10-24-19(27-12-6-4-5-11(9-12)18(23)26)15-16(22)17(28-20(15)25-10)13-7-2-3-8-14(13)21/h2-9H,1H3,(H2,23,26). The number of ether oxygens (including phenoxy) is 1. The third-order valence-corrected chi connectivity index (χ3v) is 5.96. The monoisotopic (exact) mass is 429 g/mol. The number of amides is 1. The molecule has 0 radical (unpaired) electrons. The molecule has 2 heterocycles. The van der Waals surface area contributed by atoms with Gasteiger partial charge in [-0.2, -0.15) is 4.98 Å². The van der Waals surface area contributed by atoms with Crippen LogP contribution in [0.3, 0.4) is 0 Å². The predicted octanol–water partition coefficient (Wildman–Crippen LogP) is 5.86. The summed E-state index contributed by atoms with van der Waals surface area (Å²) < 4.78 is 5.95. The van der Waals surface area contributed by atoms with Gasteiger partial charge in [-0.1, -0.05) is 47.5 Å². The maximum atomic E-state index is 11.4. The van der Waals surface area contributed by atoms with Gasteiger partial charge in [-0.05, 0) is 31.2 Å². The number of fused-ring (bicyclic) bond motifs is 1. The number of benzene rings is 2. The summed E-state index contributed by atoms with van der Waals surface area (Å²) in [6.07, 6.45) is 0. The Morgan fingerprint density at radius 2 is 1.89 bits per heavy atom. The van der Waals surface area contributed by atoms with Gasteiger partial charge in [0.2, 0.25) is 11.8 Å². The highest BCUT2D eigenvalue weighted by Gasteiger charge is 2.21. The van der Waals surface area contributed by atoms with E-state index in [1.54, 1.807) is 37.3 Å². The van der Waals surface area contributed by atoms with Crippen molar-refractivity contribution in [3.63, 3.8) is 0 Å². The van der Waals surface area contributed by atoms with Crippen molar-refractivity contribution < 1.29 is 9.53 Å². The fourth-order valence-corrected chi connectivity index (χ4v) is 4.63. The highest BCUT2D eigenvalue weighted by Crippen LogP contribution is 2.46. The number of aromatic nitrogens is 2. The van der Waals surface area contributed by atoms with Gasteiger partial charge in [0.15, 0.2) is 0 Å². The molecule has 0 spiro atoms. The van der Waals surface area contributed by atoms with E-state index in [0.29, 0.717) is 43.3 Å². The second kappa shape index (κ2) is 7.39. The number of halogens is 2. The van der Waals surface area contributed by atoms with Gasteiger partial charge >= 0.3 is 0 Å². The molecule has 0 bridgehead atoms. The van der Waals surface area contributed by atoms with Gasteiger partial charge in [-0.15, -0.1) is 11.3 Å². The number of rotatable bonds is 4. The van der Waals surface area contributed by atoms with Crippen molar-refractivity contribution >= 4 is 50.7 Å². The molecule has 28 heavy (non-hydrogen) atoms. The molecule has 5 nitrogen and oxygen atoms in total. The number of nitrogens with two attached hydrogens (primary N) is 1. The summed E-state index contributed by atoms with van der Waals surface area (Å²) >= 11 is 14.4. The van der Waals surface area contributed by atoms with E-state index in [1.165, 1.54) is 11.3 Å². The third-order valence-electron chi connectivity index (χ3n) is 4.02. The zero-order valence-corrected chi connectivity index (χ0v) is 16.9. The van der Waals surface area contributed by atoms with Crippen LogP contribution < -0.4 is 10.5 Å². The number of thiophene rings is 1. The van der Waals surface area contributed by atoms with Crippen LogP contribution in [-0.2, 0) is 0 Å². The Morgan fingerprint density at radius 1 is 1.11 bits per heavy atom. The highest BCUT2D eigenvalue weighted by molar-refractivity contribution is 7.22. The van der Waals surface area contributed by atoms with Crippen LogP contribution in [0, 0.1) is 6.92 Å². The Kier molecular flexibility index (Phi) is 4.93. The van der Waals surface area contributed by atoms with Crippen molar-refractivity contribution in [1.29, 1.82) is 0 Å². The lowest BCUT2D eigenvalue weighted by Crippen LogP contribution is -2.10. The first-order valence-corrected chi connectivity index (χ1v) is 9.80. The van der Waals surface area contributed by atoms with Crippen LogP contribution >= 0.6 is 34.5 Å². The van der Waals surface area contributed by atoms with Crippen LogP contribution in [0.4, 0.5) is 0 Å². The fourth-order valence-electron chi connectivity index (χ4n) is 2.76. The van der Waals surface area contributed by atoms with E-state index < -0.39 is 5.91 Å². The first kappa shape index (κ1) is 18.7. The molecular weight excluding hydrogens is 417 g/mol. The summed E-state index contributed by atoms with van der Waals surface area (Å²) in [5.41, 5.74) is 6.50. The van der Waals surface area contributed by atoms with Crippen LogP contribution in [0.25, 0.3) is 20.7 Å². The van der Waals surface area contributed by atoms with Gasteiger partial charge in [0.05, 0.1) is 15.3 Å². The molecule has 0 unspecified atom stereocenters. The first-order valence-electron chi connectivity index (χ1n) is 8.23. The SMILES string of the molecule is Cc1nc(Oc2cccc(C(N)=O)c2)c2c(Cl)c(-c3ccccc3Cl)sc2n1. The second-order valence-corrected chi connectivity index (χ2v) is 7.76. The number of hydrogen-bond acceptors (Lipinski definition) is 5. The molecule has 2 aromatic carbocycles. The van der Waals surface area contributed by atoms with E-state index in [9.17, 15) is 4.79 Å². The number of hydrogen-bond donors (Lipinski definition) is 1. The zero-order chi connectivity index (χ0) is 19.8. The maximum absolute atomic E-state index is 11.4. The van der Waals surface area contributed by atoms with Crippen LogP contribution in [-0.4, -0.2) is 15.9 Å². The molecule has 0 saturated carbocycles. The lowest BCUT2D eigenvalue weighted by atomic mass is 10.2. The average molecular weight is 430 g/mol. The summed E-state index contributed by atoms with van der Waals surface area (Å²) in [5.74, 6) is 0.738. The molecule has 4 aromatic rings. The Labute approximate surface area is 174 Å². The van der Waals surface area contributed by atoms with Gasteiger partial charge in [0.1, 0.15) is 16.4 Å². The third kappa shape index (κ3) is 3.42. The topological polar surface area (TPSA) is 78.1 Å². The lowest BCUT2D eigenvalue weighted by molar-refractivity contribution is 0.1000. The van der Waals surface area contributed by atoms with Crippen molar-refractivity contribution in [2.24, 2.45) is 5.73 Å². The minimum atomic E-state index is -0.538. The van der Waals surface area contributed by atoms with Crippen molar-refractivity contribution in [1.82, 2.24) is 9.97 Å². The van der Waals surface area contributed by atoms with Crippen LogP contribution in [0.2, 0.25) is 10.0 Å². The normalized spacial score (nSPS) is 11.0. The van der Waals surface area contributed by atoms with E-state index in [-0.39, 0.29) is 0 Å². The molecular formula is C20H13Cl2N3O2S. The number of carbonyl (C=O) groups excluding carboxylic acids is 1. The van der Waals surface area contributed by atoms with Gasteiger partial charge < -0.3 is 10.5 Å². The van der Waals surface area contributed by atoms with E-state index in [4.69, 9.17) is 33.7 Å². The van der Waals surface area contributed by atoms with E-state index in [0.717, 1.165) is 10.4 Å². The largest absolute Gasteiger partial charge is 0.438 e. The smallest absolute Gasteiger partial charge is 0.248 e. The lowest BCUT2D eigenvalue weighted by Gasteiger charge is -2.08. The summed E-state index contributed by atoms with van der Waals surface area (Å²) in [7, 11) is 0. The summed E-state index contributed by atoms with van der Waals surface area (Å²) in [6.45, 7) is 1.77. The maximum Gasteiger partial charge on any atom is 0.248 e. The molecule has 0 atom stereocenters. The van der Waals surface area contributed by atoms with Crippen LogP contribution in [0.5, 0.6) is 11.6 Å². The van der Waals surface area contributed by atoms with Crippen LogP contribution in [0.1, 0.15) is 16.2 Å². The van der Waals surface area contributed by atoms with Gasteiger partial charge in [-0.25, -0.2) is 4.98 Å². The minimum absolute atomic E-state index is 0.309. The molecule has 140 valence electrons. The van der Waals surface area contributed by atoms with Gasteiger partial charge in [0, 0.05) is 16.1 Å². The quantitative estimate of drug-likeness (QED) is 0.440. The van der Waals surface area contributed by atoms with Crippen molar-refractivity contribution in [3.8, 4) is 22.1 Å². The van der Waals surface area contributed by atoms with Crippen LogP contribution in [0.15, 0.2) is 48.5 Å². The van der Waals surface area contributed by atoms with Crippen molar-refractivity contribution in [3.05, 3.63) is 70.0 Å². The Morgan fingerprint density at radius 3 is 2.64 bits per heavy atom. The van der Waals surface area contributed by atoms with Gasteiger partial charge in [0.25, 0.3) is 0 Å². The molecule has 2 N–H and O–H groups in total. The number of nitrogens with zero attached hydrogens (tertiary/aromatic N) is 2. The average Bonchev–Trinajstić information content (AvgIpc) is 2.98. The summed E-state index contributed by atoms with van der Waals surface area (Å²) in [5, 5.41) is 1.66. The molecule has 2 aromatic heterocycles. The molecule has 4 rings (SSSR count). The van der Waals surface area contributed by atoms with E-state index in [2.05, 4.69) is 9.97 Å². The van der Waals surface area contributed by atoms with E-state index >= 15 is 0 Å². The zero-order valence-electron chi connectivity index (χ0n) is 14.6. The molecule has 0 aliphatic carbocycles. The van der Waals surface area contributed by atoms with Crippen molar-refractivity contribution in [2.75, 3.05) is 0 Å². The Balaban J connectivity index is 1.87. The second-order valence-electron chi connectivity index (χ2n) is 5.98. The number of carbonyl (C=O) groups is 1. The number of aryl methyl sites for hydroxylation is 1. The fraction of sp³-hybridized carbons (Fsp3) is 0.0500. The first-order chi connectivity index (χ1) is 13.4. The molecule has 8 heteroatoms. The Hall–Kier alpha value is -2.67.